The number of hydrogen-bond acceptors (Lipinski definition) is 7. The molecule has 0 aliphatic carbocycles. The van der Waals surface area contributed by atoms with Gasteiger partial charge in [-0.1, -0.05) is 30.4 Å². The number of benzene rings is 3. The van der Waals surface area contributed by atoms with E-state index in [1.165, 1.54) is 37.6 Å². The van der Waals surface area contributed by atoms with Gasteiger partial charge in [-0.3, -0.25) is 4.79 Å². The number of rotatable bonds is 10. The molecule has 3 rings (SSSR count). The summed E-state index contributed by atoms with van der Waals surface area (Å²) in [6.07, 6.45) is 3.03. The number of amides is 1. The Morgan fingerprint density at radius 3 is 2.38 bits per heavy atom. The van der Waals surface area contributed by atoms with Crippen LogP contribution in [-0.4, -0.2) is 34.3 Å². The Bertz CT molecular complexity index is 1280. The van der Waals surface area contributed by atoms with Gasteiger partial charge >= 0.3 is 10.1 Å². The Morgan fingerprint density at radius 2 is 1.74 bits per heavy atom. The van der Waals surface area contributed by atoms with Crippen LogP contribution in [0.2, 0.25) is 0 Å². The minimum atomic E-state index is -3.93. The zero-order valence-electron chi connectivity index (χ0n) is 18.7. The molecular weight excluding hydrogens is 456 g/mol. The van der Waals surface area contributed by atoms with Gasteiger partial charge in [-0.05, 0) is 67.1 Å². The molecule has 0 saturated carbocycles. The first kappa shape index (κ1) is 24.5. The molecule has 176 valence electrons. The summed E-state index contributed by atoms with van der Waals surface area (Å²) in [5.74, 6) is 0.630. The Morgan fingerprint density at radius 1 is 1.03 bits per heavy atom. The molecule has 0 aliphatic heterocycles. The van der Waals surface area contributed by atoms with E-state index in [9.17, 15) is 13.2 Å². The van der Waals surface area contributed by atoms with Crippen molar-refractivity contribution in [3.05, 3.63) is 96.1 Å². The molecule has 0 atom stereocenters. The number of carbonyl (C=O) groups is 1. The smallest absolute Gasteiger partial charge is 0.339 e. The van der Waals surface area contributed by atoms with E-state index in [1.54, 1.807) is 48.5 Å². The summed E-state index contributed by atoms with van der Waals surface area (Å²) < 4.78 is 40.7. The zero-order chi connectivity index (χ0) is 24.6. The molecule has 0 bridgehead atoms. The molecular formula is C25H24N2O6S. The van der Waals surface area contributed by atoms with Crippen LogP contribution in [0.25, 0.3) is 0 Å². The van der Waals surface area contributed by atoms with Crippen LogP contribution in [0.3, 0.4) is 0 Å². The Kier molecular flexibility index (Phi) is 8.05. The highest BCUT2D eigenvalue weighted by Gasteiger charge is 2.16. The second-order valence-corrected chi connectivity index (χ2v) is 8.63. The maximum Gasteiger partial charge on any atom is 0.339 e. The van der Waals surface area contributed by atoms with Crippen molar-refractivity contribution in [1.82, 2.24) is 5.43 Å². The number of nitrogens with zero attached hydrogens (tertiary/aromatic N) is 1. The summed E-state index contributed by atoms with van der Waals surface area (Å²) >= 11 is 0. The SMILES string of the molecule is C=CCOc1ccc(C(=O)N/N=C/c2ccc(OS(=O)(=O)c3ccc(C)cc3)cc2)cc1OC. The van der Waals surface area contributed by atoms with Crippen molar-refractivity contribution in [2.75, 3.05) is 13.7 Å². The molecule has 0 saturated heterocycles. The van der Waals surface area contributed by atoms with Crippen LogP contribution in [0.1, 0.15) is 21.5 Å². The van der Waals surface area contributed by atoms with Gasteiger partial charge in [0.25, 0.3) is 5.91 Å². The highest BCUT2D eigenvalue weighted by molar-refractivity contribution is 7.87. The average Bonchev–Trinajstić information content (AvgIpc) is 2.83. The fourth-order valence-electron chi connectivity index (χ4n) is 2.80. The van der Waals surface area contributed by atoms with Crippen LogP contribution in [0.5, 0.6) is 17.2 Å². The van der Waals surface area contributed by atoms with Crippen LogP contribution in [0, 0.1) is 6.92 Å². The second kappa shape index (κ2) is 11.2. The van der Waals surface area contributed by atoms with Crippen molar-refractivity contribution in [3.8, 4) is 17.2 Å². The van der Waals surface area contributed by atoms with E-state index in [0.29, 0.717) is 29.2 Å². The van der Waals surface area contributed by atoms with Gasteiger partial charge in [0.1, 0.15) is 17.3 Å². The molecule has 9 heteroatoms. The molecule has 3 aromatic carbocycles. The number of ether oxygens (including phenoxy) is 2. The van der Waals surface area contributed by atoms with Crippen LogP contribution < -0.4 is 19.1 Å². The topological polar surface area (TPSA) is 103 Å². The van der Waals surface area contributed by atoms with Gasteiger partial charge in [0.15, 0.2) is 11.5 Å². The van der Waals surface area contributed by atoms with Crippen molar-refractivity contribution in [2.24, 2.45) is 5.10 Å². The molecule has 1 amide bonds. The van der Waals surface area contributed by atoms with E-state index >= 15 is 0 Å². The predicted octanol–water partition coefficient (Wildman–Crippen LogP) is 4.10. The minimum Gasteiger partial charge on any atom is -0.493 e. The van der Waals surface area contributed by atoms with Gasteiger partial charge in [0.2, 0.25) is 0 Å². The minimum absolute atomic E-state index is 0.0726. The Hall–Kier alpha value is -4.11. The quantitative estimate of drug-likeness (QED) is 0.203. The van der Waals surface area contributed by atoms with Crippen LogP contribution >= 0.6 is 0 Å². The monoisotopic (exact) mass is 480 g/mol. The van der Waals surface area contributed by atoms with Crippen molar-refractivity contribution >= 4 is 22.2 Å². The zero-order valence-corrected chi connectivity index (χ0v) is 19.5. The summed E-state index contributed by atoms with van der Waals surface area (Å²) in [4.78, 5) is 12.4. The first-order chi connectivity index (χ1) is 16.3. The highest BCUT2D eigenvalue weighted by atomic mass is 32.2. The van der Waals surface area contributed by atoms with Gasteiger partial charge in [-0.2, -0.15) is 13.5 Å². The van der Waals surface area contributed by atoms with Crippen LogP contribution in [0.15, 0.2) is 89.4 Å². The summed E-state index contributed by atoms with van der Waals surface area (Å²) in [6, 6.07) is 17.4. The number of methoxy groups -OCH3 is 1. The molecule has 0 aliphatic rings. The van der Waals surface area contributed by atoms with Gasteiger partial charge in [0, 0.05) is 5.56 Å². The number of nitrogens with one attached hydrogen (secondary N) is 1. The lowest BCUT2D eigenvalue weighted by Crippen LogP contribution is -2.17. The molecule has 34 heavy (non-hydrogen) atoms. The third-order valence-electron chi connectivity index (χ3n) is 4.56. The third kappa shape index (κ3) is 6.46. The standard InChI is InChI=1S/C25H24N2O6S/c1-4-15-32-23-14-9-20(16-24(23)31-3)25(28)27-26-17-19-7-10-21(11-8-19)33-34(29,30)22-12-5-18(2)6-13-22/h4-14,16-17H,1,15H2,2-3H3,(H,27,28)/b26-17+. The Balaban J connectivity index is 1.60. The van der Waals surface area contributed by atoms with Crippen molar-refractivity contribution < 1.29 is 26.9 Å². The van der Waals surface area contributed by atoms with E-state index in [-0.39, 0.29) is 10.6 Å². The summed E-state index contributed by atoms with van der Waals surface area (Å²) in [7, 11) is -2.45. The van der Waals surface area contributed by atoms with Gasteiger partial charge in [0.05, 0.1) is 13.3 Å². The first-order valence-corrected chi connectivity index (χ1v) is 11.6. The average molecular weight is 481 g/mol. The molecule has 0 spiro atoms. The summed E-state index contributed by atoms with van der Waals surface area (Å²) in [6.45, 7) is 5.77. The second-order valence-electron chi connectivity index (χ2n) is 7.08. The molecule has 0 radical (unpaired) electrons. The molecule has 0 fully saturated rings. The molecule has 1 N–H and O–H groups in total. The largest absolute Gasteiger partial charge is 0.493 e. The van der Waals surface area contributed by atoms with Crippen molar-refractivity contribution in [3.63, 3.8) is 0 Å². The lowest BCUT2D eigenvalue weighted by molar-refractivity contribution is 0.0954. The molecule has 8 nitrogen and oxygen atoms in total. The van der Waals surface area contributed by atoms with Crippen LogP contribution in [0.4, 0.5) is 0 Å². The van der Waals surface area contributed by atoms with E-state index < -0.39 is 16.0 Å². The number of carbonyl (C=O) groups excluding carboxylic acids is 1. The number of aryl methyl sites for hydroxylation is 1. The van der Waals surface area contributed by atoms with Crippen molar-refractivity contribution in [1.29, 1.82) is 0 Å². The van der Waals surface area contributed by atoms with Crippen LogP contribution in [-0.2, 0) is 10.1 Å². The van der Waals surface area contributed by atoms with Gasteiger partial charge in [-0.15, -0.1) is 0 Å². The van der Waals surface area contributed by atoms with Gasteiger partial charge in [-0.25, -0.2) is 5.43 Å². The maximum atomic E-state index is 12.4. The van der Waals surface area contributed by atoms with Gasteiger partial charge < -0.3 is 13.7 Å². The van der Waals surface area contributed by atoms with E-state index in [0.717, 1.165) is 5.56 Å². The molecule has 0 aromatic heterocycles. The first-order valence-electron chi connectivity index (χ1n) is 10.2. The lowest BCUT2D eigenvalue weighted by atomic mass is 10.2. The fraction of sp³-hybridized carbons (Fsp3) is 0.120. The lowest BCUT2D eigenvalue weighted by Gasteiger charge is -2.10. The van der Waals surface area contributed by atoms with Crippen molar-refractivity contribution in [2.45, 2.75) is 11.8 Å². The molecule has 0 unspecified atom stereocenters. The van der Waals surface area contributed by atoms with E-state index in [2.05, 4.69) is 17.1 Å². The highest BCUT2D eigenvalue weighted by Crippen LogP contribution is 2.28. The number of hydrogen-bond donors (Lipinski definition) is 1. The molecule has 0 heterocycles. The normalized spacial score (nSPS) is 11.1. The predicted molar refractivity (Wildman–Crippen MR) is 129 cm³/mol. The number of hydrazone groups is 1. The Labute approximate surface area is 198 Å². The maximum absolute atomic E-state index is 12.4. The van der Waals surface area contributed by atoms with E-state index in [4.69, 9.17) is 13.7 Å². The summed E-state index contributed by atoms with van der Waals surface area (Å²) in [5.41, 5.74) is 4.35. The third-order valence-corrected chi connectivity index (χ3v) is 5.82. The summed E-state index contributed by atoms with van der Waals surface area (Å²) in [5, 5.41) is 3.94. The fourth-order valence-corrected chi connectivity index (χ4v) is 3.73. The van der Waals surface area contributed by atoms with E-state index in [1.807, 2.05) is 6.92 Å². The molecule has 3 aromatic rings.